The lowest BCUT2D eigenvalue weighted by atomic mass is 9.92. The predicted molar refractivity (Wildman–Crippen MR) is 52.3 cm³/mol. The Labute approximate surface area is 83.3 Å². The summed E-state index contributed by atoms with van der Waals surface area (Å²) in [6.07, 6.45) is 0.632. The van der Waals surface area contributed by atoms with E-state index in [1.54, 1.807) is 7.11 Å². The van der Waals surface area contributed by atoms with Gasteiger partial charge in [-0.2, -0.15) is 0 Å². The van der Waals surface area contributed by atoms with Gasteiger partial charge in [-0.15, -0.1) is 0 Å². The molecule has 1 N–H and O–H groups in total. The molecule has 1 aliphatic rings. The maximum atomic E-state index is 10.3. The van der Waals surface area contributed by atoms with Crippen LogP contribution in [0.3, 0.4) is 0 Å². The molecule has 1 heterocycles. The lowest BCUT2D eigenvalue weighted by Gasteiger charge is -2.22. The van der Waals surface area contributed by atoms with Crippen LogP contribution in [-0.4, -0.2) is 25.4 Å². The van der Waals surface area contributed by atoms with E-state index in [1.807, 2.05) is 24.3 Å². The first-order valence-electron chi connectivity index (χ1n) is 4.70. The van der Waals surface area contributed by atoms with E-state index >= 15 is 0 Å². The predicted octanol–water partition coefficient (Wildman–Crippen LogP) is 1.30. The zero-order valence-electron chi connectivity index (χ0n) is 8.19. The Morgan fingerprint density at radius 1 is 1.43 bits per heavy atom. The summed E-state index contributed by atoms with van der Waals surface area (Å²) in [6.45, 7) is 0.960. The van der Waals surface area contributed by atoms with Gasteiger partial charge in [0.05, 0.1) is 13.7 Å². The monoisotopic (exact) mass is 194 g/mol. The van der Waals surface area contributed by atoms with Crippen LogP contribution >= 0.6 is 0 Å². The molecule has 1 aromatic rings. The van der Waals surface area contributed by atoms with Gasteiger partial charge in [0.1, 0.15) is 11.4 Å². The van der Waals surface area contributed by atoms with Gasteiger partial charge in [0.2, 0.25) is 0 Å². The van der Waals surface area contributed by atoms with Crippen molar-refractivity contribution < 1.29 is 14.6 Å². The molecule has 1 atom stereocenters. The number of benzene rings is 1. The smallest absolute Gasteiger partial charge is 0.125 e. The van der Waals surface area contributed by atoms with Crippen molar-refractivity contribution in [1.29, 1.82) is 0 Å². The van der Waals surface area contributed by atoms with Crippen LogP contribution in [0, 0.1) is 0 Å². The number of aliphatic hydroxyl groups is 1. The third-order valence-corrected chi connectivity index (χ3v) is 2.61. The van der Waals surface area contributed by atoms with Crippen LogP contribution in [0.1, 0.15) is 12.0 Å². The minimum absolute atomic E-state index is 0.355. The zero-order chi connectivity index (χ0) is 10.0. The van der Waals surface area contributed by atoms with Crippen molar-refractivity contribution in [3.63, 3.8) is 0 Å². The van der Waals surface area contributed by atoms with E-state index in [0.717, 1.165) is 11.3 Å². The second-order valence-corrected chi connectivity index (χ2v) is 3.53. The minimum Gasteiger partial charge on any atom is -0.496 e. The molecule has 76 valence electrons. The Hall–Kier alpha value is -1.06. The summed E-state index contributed by atoms with van der Waals surface area (Å²) >= 11 is 0. The molecule has 1 aromatic carbocycles. The third-order valence-electron chi connectivity index (χ3n) is 2.61. The van der Waals surface area contributed by atoms with Gasteiger partial charge in [-0.25, -0.2) is 0 Å². The molecule has 1 fully saturated rings. The molecule has 0 spiro atoms. The topological polar surface area (TPSA) is 38.7 Å². The fourth-order valence-corrected chi connectivity index (χ4v) is 1.80. The van der Waals surface area contributed by atoms with Crippen molar-refractivity contribution in [3.05, 3.63) is 29.8 Å². The fraction of sp³-hybridized carbons (Fsp3) is 0.455. The maximum absolute atomic E-state index is 10.3. The van der Waals surface area contributed by atoms with Crippen molar-refractivity contribution in [2.24, 2.45) is 0 Å². The molecule has 0 aliphatic carbocycles. The van der Waals surface area contributed by atoms with E-state index in [1.165, 1.54) is 0 Å². The summed E-state index contributed by atoms with van der Waals surface area (Å²) in [6, 6.07) is 7.52. The van der Waals surface area contributed by atoms with Crippen LogP contribution < -0.4 is 4.74 Å². The highest BCUT2D eigenvalue weighted by atomic mass is 16.5. The van der Waals surface area contributed by atoms with Gasteiger partial charge < -0.3 is 14.6 Å². The van der Waals surface area contributed by atoms with Gasteiger partial charge in [-0.1, -0.05) is 18.2 Å². The number of methoxy groups -OCH3 is 1. The lowest BCUT2D eigenvalue weighted by molar-refractivity contribution is 0.0212. The second-order valence-electron chi connectivity index (χ2n) is 3.53. The summed E-state index contributed by atoms with van der Waals surface area (Å²) in [5.74, 6) is 0.723. The van der Waals surface area contributed by atoms with E-state index in [2.05, 4.69) is 0 Å². The number of hydrogen-bond acceptors (Lipinski definition) is 3. The zero-order valence-corrected chi connectivity index (χ0v) is 8.19. The van der Waals surface area contributed by atoms with Gasteiger partial charge in [-0.05, 0) is 6.07 Å². The Balaban J connectivity index is 2.39. The molecule has 3 heteroatoms. The SMILES string of the molecule is COc1ccccc1C1(O)CCOC1. The molecule has 0 amide bonds. The van der Waals surface area contributed by atoms with Crippen molar-refractivity contribution in [1.82, 2.24) is 0 Å². The van der Waals surface area contributed by atoms with Crippen LogP contribution in [-0.2, 0) is 10.3 Å². The largest absolute Gasteiger partial charge is 0.496 e. The highest BCUT2D eigenvalue weighted by Gasteiger charge is 2.36. The Morgan fingerprint density at radius 2 is 2.21 bits per heavy atom. The molecule has 0 aromatic heterocycles. The first-order valence-corrected chi connectivity index (χ1v) is 4.70. The molecular formula is C11H14O3. The normalized spacial score (nSPS) is 26.4. The van der Waals surface area contributed by atoms with E-state index < -0.39 is 5.60 Å². The number of hydrogen-bond donors (Lipinski definition) is 1. The van der Waals surface area contributed by atoms with Crippen molar-refractivity contribution in [3.8, 4) is 5.75 Å². The summed E-state index contributed by atoms with van der Waals surface area (Å²) in [7, 11) is 1.61. The number of rotatable bonds is 2. The molecule has 2 rings (SSSR count). The highest BCUT2D eigenvalue weighted by Crippen LogP contribution is 2.35. The average molecular weight is 194 g/mol. The molecule has 14 heavy (non-hydrogen) atoms. The van der Waals surface area contributed by atoms with Crippen LogP contribution in [0.15, 0.2) is 24.3 Å². The summed E-state index contributed by atoms with van der Waals surface area (Å²) < 4.78 is 10.4. The van der Waals surface area contributed by atoms with Crippen LogP contribution in [0.4, 0.5) is 0 Å². The Kier molecular flexibility index (Phi) is 2.44. The van der Waals surface area contributed by atoms with Gasteiger partial charge in [-0.3, -0.25) is 0 Å². The molecule has 1 unspecified atom stereocenters. The van der Waals surface area contributed by atoms with E-state index in [9.17, 15) is 5.11 Å². The minimum atomic E-state index is -0.868. The number of ether oxygens (including phenoxy) is 2. The Bertz CT molecular complexity index is 316. The van der Waals surface area contributed by atoms with Crippen molar-refractivity contribution in [2.75, 3.05) is 20.3 Å². The molecule has 1 saturated heterocycles. The standard InChI is InChI=1S/C11H14O3/c1-13-10-5-3-2-4-9(10)11(12)6-7-14-8-11/h2-5,12H,6-8H2,1H3. The van der Waals surface area contributed by atoms with Crippen LogP contribution in [0.5, 0.6) is 5.75 Å². The van der Waals surface area contributed by atoms with Crippen LogP contribution in [0.25, 0.3) is 0 Å². The summed E-state index contributed by atoms with van der Waals surface area (Å²) in [5, 5.41) is 10.3. The van der Waals surface area contributed by atoms with Gasteiger partial charge in [0, 0.05) is 18.6 Å². The molecule has 1 aliphatic heterocycles. The summed E-state index contributed by atoms with van der Waals surface area (Å²) in [4.78, 5) is 0. The summed E-state index contributed by atoms with van der Waals surface area (Å²) in [5.41, 5.74) is -0.0490. The number of para-hydroxylation sites is 1. The molecule has 0 bridgehead atoms. The molecular weight excluding hydrogens is 180 g/mol. The lowest BCUT2D eigenvalue weighted by Crippen LogP contribution is -2.26. The van der Waals surface area contributed by atoms with E-state index in [0.29, 0.717) is 19.6 Å². The molecule has 3 nitrogen and oxygen atoms in total. The van der Waals surface area contributed by atoms with Gasteiger partial charge in [0.15, 0.2) is 0 Å². The third kappa shape index (κ3) is 1.49. The first kappa shape index (κ1) is 9.49. The van der Waals surface area contributed by atoms with Crippen molar-refractivity contribution >= 4 is 0 Å². The average Bonchev–Trinajstić information content (AvgIpc) is 2.66. The molecule has 0 radical (unpaired) electrons. The Morgan fingerprint density at radius 3 is 2.86 bits per heavy atom. The van der Waals surface area contributed by atoms with Gasteiger partial charge in [0.25, 0.3) is 0 Å². The van der Waals surface area contributed by atoms with Gasteiger partial charge >= 0.3 is 0 Å². The van der Waals surface area contributed by atoms with Crippen molar-refractivity contribution in [2.45, 2.75) is 12.0 Å². The van der Waals surface area contributed by atoms with Crippen LogP contribution in [0.2, 0.25) is 0 Å². The van der Waals surface area contributed by atoms with E-state index in [4.69, 9.17) is 9.47 Å². The fourth-order valence-electron chi connectivity index (χ4n) is 1.80. The second kappa shape index (κ2) is 3.59. The van der Waals surface area contributed by atoms with E-state index in [-0.39, 0.29) is 0 Å². The maximum Gasteiger partial charge on any atom is 0.125 e. The molecule has 0 saturated carbocycles. The quantitative estimate of drug-likeness (QED) is 0.771. The first-order chi connectivity index (χ1) is 6.76. The highest BCUT2D eigenvalue weighted by molar-refractivity contribution is 5.38.